The number of likely N-dealkylation sites (N-methyl/N-ethyl adjacent to an activating group) is 1. The van der Waals surface area contributed by atoms with Crippen LogP contribution >= 0.6 is 12.2 Å². The summed E-state index contributed by atoms with van der Waals surface area (Å²) in [5.74, 6) is 0.788. The van der Waals surface area contributed by atoms with Gasteiger partial charge in [0.05, 0.1) is 0 Å². The van der Waals surface area contributed by atoms with Crippen molar-refractivity contribution >= 4 is 18.1 Å². The Kier molecular flexibility index (Phi) is 4.11. The molecule has 1 amide bonds. The fourth-order valence-electron chi connectivity index (χ4n) is 2.61. The van der Waals surface area contributed by atoms with Gasteiger partial charge >= 0.3 is 0 Å². The maximum Gasteiger partial charge on any atom is 0.242 e. The number of aromatic nitrogens is 3. The molecule has 1 aliphatic rings. The summed E-state index contributed by atoms with van der Waals surface area (Å²) >= 11 is 5.29. The van der Waals surface area contributed by atoms with E-state index in [9.17, 15) is 4.79 Å². The number of amides is 1. The average molecular weight is 316 g/mol. The first-order valence-electron chi connectivity index (χ1n) is 7.54. The highest BCUT2D eigenvalue weighted by molar-refractivity contribution is 7.71. The molecule has 1 saturated carbocycles. The van der Waals surface area contributed by atoms with Crippen molar-refractivity contribution in [2.75, 3.05) is 7.05 Å². The quantitative estimate of drug-likeness (QED) is 0.882. The molecular formula is C16H20N4OS. The molecule has 5 nitrogen and oxygen atoms in total. The van der Waals surface area contributed by atoms with E-state index < -0.39 is 0 Å². The molecule has 0 bridgehead atoms. The van der Waals surface area contributed by atoms with Gasteiger partial charge in [-0.15, -0.1) is 0 Å². The van der Waals surface area contributed by atoms with Gasteiger partial charge in [0, 0.05) is 18.7 Å². The highest BCUT2D eigenvalue weighted by Crippen LogP contribution is 2.24. The van der Waals surface area contributed by atoms with Gasteiger partial charge in [0.15, 0.2) is 10.6 Å². The number of nitrogens with zero attached hydrogens (tertiary/aromatic N) is 3. The summed E-state index contributed by atoms with van der Waals surface area (Å²) in [6, 6.07) is 8.43. The second-order valence-electron chi connectivity index (χ2n) is 5.89. The van der Waals surface area contributed by atoms with Crippen LogP contribution < -0.4 is 0 Å². The van der Waals surface area contributed by atoms with Crippen LogP contribution in [0.1, 0.15) is 24.8 Å². The molecule has 0 unspecified atom stereocenters. The third kappa shape index (κ3) is 2.83. The van der Waals surface area contributed by atoms with Crippen LogP contribution in [0.25, 0.3) is 11.4 Å². The first kappa shape index (κ1) is 15.0. The smallest absolute Gasteiger partial charge is 0.242 e. The molecule has 0 spiro atoms. The number of nitrogens with one attached hydrogen (secondary N) is 1. The Morgan fingerprint density at radius 3 is 2.68 bits per heavy atom. The Hall–Kier alpha value is -1.95. The molecule has 1 heterocycles. The number of carbonyl (C=O) groups excluding carboxylic acids is 1. The van der Waals surface area contributed by atoms with Crippen LogP contribution in [0, 0.1) is 11.7 Å². The van der Waals surface area contributed by atoms with Crippen molar-refractivity contribution in [2.24, 2.45) is 0 Å². The number of carbonyl (C=O) groups is 1. The van der Waals surface area contributed by atoms with Crippen molar-refractivity contribution in [1.82, 2.24) is 19.7 Å². The first-order chi connectivity index (χ1) is 10.6. The third-order valence-electron chi connectivity index (χ3n) is 4.38. The molecule has 1 aromatic heterocycles. The number of aryl methyl sites for hydroxylation is 1. The van der Waals surface area contributed by atoms with E-state index >= 15 is 0 Å². The second kappa shape index (κ2) is 6.04. The van der Waals surface area contributed by atoms with Crippen LogP contribution in [-0.2, 0) is 11.3 Å². The molecule has 22 heavy (non-hydrogen) atoms. The number of rotatable bonds is 4. The monoisotopic (exact) mass is 316 g/mol. The molecule has 0 radical (unpaired) electrons. The van der Waals surface area contributed by atoms with Gasteiger partial charge in [-0.3, -0.25) is 14.5 Å². The fourth-order valence-corrected chi connectivity index (χ4v) is 2.81. The summed E-state index contributed by atoms with van der Waals surface area (Å²) in [6.45, 7) is 2.27. The molecule has 2 aromatic rings. The molecule has 0 saturated heterocycles. The lowest BCUT2D eigenvalue weighted by molar-refractivity contribution is -0.134. The summed E-state index contributed by atoms with van der Waals surface area (Å²) in [4.78, 5) is 14.3. The predicted molar refractivity (Wildman–Crippen MR) is 88.0 cm³/mol. The summed E-state index contributed by atoms with van der Waals surface area (Å²) < 4.78 is 2.25. The van der Waals surface area contributed by atoms with Crippen LogP contribution in [0.5, 0.6) is 0 Å². The van der Waals surface area contributed by atoms with E-state index in [2.05, 4.69) is 10.2 Å². The summed E-state index contributed by atoms with van der Waals surface area (Å²) in [5.41, 5.74) is 2.14. The lowest BCUT2D eigenvalue weighted by Crippen LogP contribution is -2.42. The Balaban J connectivity index is 1.84. The lowest BCUT2D eigenvalue weighted by Gasteiger charge is -2.34. The van der Waals surface area contributed by atoms with E-state index in [-0.39, 0.29) is 12.5 Å². The Labute approximate surface area is 135 Å². The number of benzene rings is 1. The number of hydrogen-bond acceptors (Lipinski definition) is 3. The van der Waals surface area contributed by atoms with E-state index in [0.717, 1.165) is 18.4 Å². The Morgan fingerprint density at radius 2 is 2.09 bits per heavy atom. The van der Waals surface area contributed by atoms with Crippen LogP contribution in [0.3, 0.4) is 0 Å². The molecule has 1 fully saturated rings. The summed E-state index contributed by atoms with van der Waals surface area (Å²) in [7, 11) is 1.88. The second-order valence-corrected chi connectivity index (χ2v) is 6.28. The molecule has 6 heteroatoms. The molecule has 116 valence electrons. The van der Waals surface area contributed by atoms with Gasteiger partial charge in [0.25, 0.3) is 0 Å². The minimum Gasteiger partial charge on any atom is -0.341 e. The Bertz CT molecular complexity index is 727. The van der Waals surface area contributed by atoms with Crippen molar-refractivity contribution in [3.8, 4) is 11.4 Å². The number of aromatic amines is 1. The maximum atomic E-state index is 12.5. The molecule has 0 atom stereocenters. The van der Waals surface area contributed by atoms with E-state index in [0.29, 0.717) is 16.6 Å². The third-order valence-corrected chi connectivity index (χ3v) is 4.69. The average Bonchev–Trinajstić information content (AvgIpc) is 2.79. The minimum atomic E-state index is 0.0792. The van der Waals surface area contributed by atoms with Crippen LogP contribution in [0.15, 0.2) is 24.3 Å². The normalized spacial score (nSPS) is 14.6. The minimum absolute atomic E-state index is 0.0792. The Morgan fingerprint density at radius 1 is 1.41 bits per heavy atom. The standard InChI is InChI=1S/C16H20N4OS/c1-11-6-8-12(9-7-11)15-17-18-16(22)20(15)10-14(21)19(2)13-4-3-5-13/h6-9,13H,3-5,10H2,1-2H3,(H,18,22). The maximum absolute atomic E-state index is 12.5. The molecule has 3 rings (SSSR count). The zero-order valence-corrected chi connectivity index (χ0v) is 13.7. The fraction of sp³-hybridized carbons (Fsp3) is 0.438. The largest absolute Gasteiger partial charge is 0.341 e. The van der Waals surface area contributed by atoms with Gasteiger partial charge in [-0.2, -0.15) is 5.10 Å². The molecule has 1 aliphatic carbocycles. The molecule has 0 aliphatic heterocycles. The van der Waals surface area contributed by atoms with Gasteiger partial charge in [0.1, 0.15) is 6.54 Å². The van der Waals surface area contributed by atoms with Gasteiger partial charge in [-0.1, -0.05) is 29.8 Å². The van der Waals surface area contributed by atoms with Crippen molar-refractivity contribution in [3.63, 3.8) is 0 Å². The van der Waals surface area contributed by atoms with Crippen molar-refractivity contribution < 1.29 is 4.79 Å². The summed E-state index contributed by atoms with van der Waals surface area (Å²) in [6.07, 6.45) is 3.41. The van der Waals surface area contributed by atoms with Gasteiger partial charge < -0.3 is 4.90 Å². The molecule has 1 aromatic carbocycles. The highest BCUT2D eigenvalue weighted by atomic mass is 32.1. The van der Waals surface area contributed by atoms with Crippen LogP contribution in [-0.4, -0.2) is 38.7 Å². The van der Waals surface area contributed by atoms with E-state index in [1.807, 2.05) is 43.1 Å². The van der Waals surface area contributed by atoms with Gasteiger partial charge in [0.2, 0.25) is 5.91 Å². The number of H-pyrrole nitrogens is 1. The van der Waals surface area contributed by atoms with Crippen molar-refractivity contribution in [2.45, 2.75) is 38.8 Å². The topological polar surface area (TPSA) is 53.9 Å². The van der Waals surface area contributed by atoms with E-state index in [4.69, 9.17) is 12.2 Å². The van der Waals surface area contributed by atoms with E-state index in [1.54, 1.807) is 4.57 Å². The van der Waals surface area contributed by atoms with Crippen LogP contribution in [0.4, 0.5) is 0 Å². The summed E-state index contributed by atoms with van der Waals surface area (Å²) in [5, 5.41) is 7.08. The van der Waals surface area contributed by atoms with E-state index in [1.165, 1.54) is 12.0 Å². The number of hydrogen-bond donors (Lipinski definition) is 1. The van der Waals surface area contributed by atoms with Gasteiger partial charge in [-0.05, 0) is 38.4 Å². The molecular weight excluding hydrogens is 296 g/mol. The van der Waals surface area contributed by atoms with Crippen molar-refractivity contribution in [3.05, 3.63) is 34.6 Å². The zero-order chi connectivity index (χ0) is 15.7. The molecule has 1 N–H and O–H groups in total. The van der Waals surface area contributed by atoms with Crippen molar-refractivity contribution in [1.29, 1.82) is 0 Å². The zero-order valence-electron chi connectivity index (χ0n) is 12.9. The predicted octanol–water partition coefficient (Wildman–Crippen LogP) is 2.93. The first-order valence-corrected chi connectivity index (χ1v) is 7.95. The SMILES string of the molecule is Cc1ccc(-c2n[nH]c(=S)n2CC(=O)N(C)C2CCC2)cc1. The van der Waals surface area contributed by atoms with Gasteiger partial charge in [-0.25, -0.2) is 0 Å². The lowest BCUT2D eigenvalue weighted by atomic mass is 9.92. The highest BCUT2D eigenvalue weighted by Gasteiger charge is 2.26. The van der Waals surface area contributed by atoms with Crippen LogP contribution in [0.2, 0.25) is 0 Å².